The Hall–Kier alpha value is -2.85. The Kier molecular flexibility index (Phi) is 5.81. The quantitative estimate of drug-likeness (QED) is 0.662. The summed E-state index contributed by atoms with van der Waals surface area (Å²) in [6.07, 6.45) is 0. The van der Waals surface area contributed by atoms with E-state index in [1.807, 2.05) is 24.9 Å². The van der Waals surface area contributed by atoms with Crippen LogP contribution in [-0.2, 0) is 11.3 Å². The number of anilines is 1. The van der Waals surface area contributed by atoms with Gasteiger partial charge in [0.1, 0.15) is 0 Å². The van der Waals surface area contributed by atoms with Crippen molar-refractivity contribution in [3.05, 3.63) is 78.4 Å². The van der Waals surface area contributed by atoms with Crippen LogP contribution in [0.3, 0.4) is 0 Å². The number of rotatable bonds is 5. The predicted molar refractivity (Wildman–Crippen MR) is 120 cm³/mol. The van der Waals surface area contributed by atoms with Crippen LogP contribution >= 0.6 is 0 Å². The highest BCUT2D eigenvalue weighted by Gasteiger charge is 2.27. The second-order valence-electron chi connectivity index (χ2n) is 7.92. The third-order valence-electron chi connectivity index (χ3n) is 5.98. The number of amides is 1. The molecule has 0 bridgehead atoms. The molecule has 0 aliphatic carbocycles. The molecule has 1 atom stereocenters. The van der Waals surface area contributed by atoms with Gasteiger partial charge in [0.05, 0.1) is 6.04 Å². The molecule has 4 rings (SSSR count). The maximum Gasteiger partial charge on any atom is 0.239 e. The molecule has 0 aromatic heterocycles. The van der Waals surface area contributed by atoms with Gasteiger partial charge in [0, 0.05) is 38.4 Å². The van der Waals surface area contributed by atoms with Crippen molar-refractivity contribution in [2.45, 2.75) is 19.5 Å². The predicted octanol–water partition coefficient (Wildman–Crippen LogP) is 4.01. The van der Waals surface area contributed by atoms with Crippen LogP contribution in [0.2, 0.25) is 0 Å². The summed E-state index contributed by atoms with van der Waals surface area (Å²) in [4.78, 5) is 19.6. The van der Waals surface area contributed by atoms with Gasteiger partial charge in [-0.3, -0.25) is 9.69 Å². The monoisotopic (exact) mass is 387 g/mol. The van der Waals surface area contributed by atoms with Crippen molar-refractivity contribution in [1.82, 2.24) is 9.80 Å². The molecular weight excluding hydrogens is 358 g/mol. The minimum Gasteiger partial charge on any atom is -0.368 e. The fourth-order valence-electron chi connectivity index (χ4n) is 4.04. The fraction of sp³-hybridized carbons (Fsp3) is 0.320. The molecule has 1 amide bonds. The Balaban J connectivity index is 1.34. The van der Waals surface area contributed by atoms with Crippen LogP contribution in [0.25, 0.3) is 10.8 Å². The minimum atomic E-state index is -0.134. The molecule has 150 valence electrons. The lowest BCUT2D eigenvalue weighted by Crippen LogP contribution is -2.53. The second-order valence-corrected chi connectivity index (χ2v) is 7.92. The van der Waals surface area contributed by atoms with Crippen molar-refractivity contribution in [1.29, 1.82) is 0 Å². The molecule has 3 aromatic carbocycles. The van der Waals surface area contributed by atoms with Gasteiger partial charge in [-0.15, -0.1) is 0 Å². The van der Waals surface area contributed by atoms with E-state index in [0.29, 0.717) is 0 Å². The molecular formula is C25H29N3O. The van der Waals surface area contributed by atoms with E-state index in [1.165, 1.54) is 22.0 Å². The normalized spacial score (nSPS) is 15.7. The van der Waals surface area contributed by atoms with Gasteiger partial charge >= 0.3 is 0 Å². The largest absolute Gasteiger partial charge is 0.368 e. The summed E-state index contributed by atoms with van der Waals surface area (Å²) in [6.45, 7) is 6.12. The van der Waals surface area contributed by atoms with Crippen molar-refractivity contribution in [3.8, 4) is 0 Å². The molecule has 1 heterocycles. The number of para-hydroxylation sites is 1. The number of benzene rings is 3. The van der Waals surface area contributed by atoms with Gasteiger partial charge in [0.15, 0.2) is 0 Å². The van der Waals surface area contributed by atoms with E-state index < -0.39 is 0 Å². The van der Waals surface area contributed by atoms with Crippen LogP contribution in [-0.4, -0.2) is 55.0 Å². The van der Waals surface area contributed by atoms with Crippen LogP contribution in [0.4, 0.5) is 5.69 Å². The second kappa shape index (κ2) is 8.66. The van der Waals surface area contributed by atoms with E-state index in [9.17, 15) is 4.79 Å². The average Bonchev–Trinajstić information content (AvgIpc) is 2.78. The lowest BCUT2D eigenvalue weighted by molar-refractivity contribution is -0.136. The Morgan fingerprint density at radius 1 is 0.897 bits per heavy atom. The van der Waals surface area contributed by atoms with E-state index in [4.69, 9.17) is 0 Å². The molecule has 4 heteroatoms. The Labute approximate surface area is 173 Å². The van der Waals surface area contributed by atoms with Gasteiger partial charge in [0.25, 0.3) is 0 Å². The summed E-state index contributed by atoms with van der Waals surface area (Å²) < 4.78 is 0. The third-order valence-corrected chi connectivity index (χ3v) is 5.98. The Bertz CT molecular complexity index is 964. The molecule has 0 radical (unpaired) electrons. The molecule has 1 unspecified atom stereocenters. The number of hydrogen-bond donors (Lipinski definition) is 0. The number of piperazine rings is 1. The third kappa shape index (κ3) is 4.43. The van der Waals surface area contributed by atoms with Gasteiger partial charge < -0.3 is 9.80 Å². The summed E-state index contributed by atoms with van der Waals surface area (Å²) >= 11 is 0. The summed E-state index contributed by atoms with van der Waals surface area (Å²) in [6, 6.07) is 25.3. The topological polar surface area (TPSA) is 26.8 Å². The molecule has 29 heavy (non-hydrogen) atoms. The first-order valence-electron chi connectivity index (χ1n) is 10.4. The zero-order valence-corrected chi connectivity index (χ0v) is 17.3. The first kappa shape index (κ1) is 19.5. The maximum atomic E-state index is 13.1. The SMILES string of the molecule is CC(C(=O)N1CCN(c2ccccc2)CC1)N(C)Cc1ccc2ccccc2c1. The van der Waals surface area contributed by atoms with Gasteiger partial charge in [-0.25, -0.2) is 0 Å². The van der Waals surface area contributed by atoms with Crippen LogP contribution < -0.4 is 4.90 Å². The maximum absolute atomic E-state index is 13.1. The average molecular weight is 388 g/mol. The van der Waals surface area contributed by atoms with Crippen LogP contribution in [0.1, 0.15) is 12.5 Å². The van der Waals surface area contributed by atoms with Crippen molar-refractivity contribution < 1.29 is 4.79 Å². The van der Waals surface area contributed by atoms with Crippen molar-refractivity contribution in [2.75, 3.05) is 38.1 Å². The summed E-state index contributed by atoms with van der Waals surface area (Å²) in [5, 5.41) is 2.49. The van der Waals surface area contributed by atoms with E-state index in [2.05, 4.69) is 76.5 Å². The van der Waals surface area contributed by atoms with Crippen LogP contribution in [0, 0.1) is 0 Å². The number of carbonyl (C=O) groups excluding carboxylic acids is 1. The van der Waals surface area contributed by atoms with Crippen molar-refractivity contribution >= 4 is 22.4 Å². The van der Waals surface area contributed by atoms with E-state index in [-0.39, 0.29) is 11.9 Å². The summed E-state index contributed by atoms with van der Waals surface area (Å²) in [5.74, 6) is 0.223. The molecule has 0 N–H and O–H groups in total. The zero-order valence-electron chi connectivity index (χ0n) is 17.3. The minimum absolute atomic E-state index is 0.134. The standard InChI is InChI=1S/C25H29N3O/c1-20(26(2)19-21-12-13-22-8-6-7-9-23(22)18-21)25(29)28-16-14-27(15-17-28)24-10-4-3-5-11-24/h3-13,18,20H,14-17,19H2,1-2H3. The lowest BCUT2D eigenvalue weighted by Gasteiger charge is -2.38. The van der Waals surface area contributed by atoms with Gasteiger partial charge in [-0.2, -0.15) is 0 Å². The number of nitrogens with zero attached hydrogens (tertiary/aromatic N) is 3. The van der Waals surface area contributed by atoms with E-state index in [0.717, 1.165) is 32.7 Å². The van der Waals surface area contributed by atoms with E-state index >= 15 is 0 Å². The molecule has 4 nitrogen and oxygen atoms in total. The molecule has 0 saturated carbocycles. The first-order chi connectivity index (χ1) is 14.1. The highest BCUT2D eigenvalue weighted by Crippen LogP contribution is 2.19. The zero-order chi connectivity index (χ0) is 20.2. The lowest BCUT2D eigenvalue weighted by atomic mass is 10.1. The number of likely N-dealkylation sites (N-methyl/N-ethyl adjacent to an activating group) is 1. The van der Waals surface area contributed by atoms with Crippen molar-refractivity contribution in [2.24, 2.45) is 0 Å². The fourth-order valence-corrected chi connectivity index (χ4v) is 4.04. The molecule has 3 aromatic rings. The van der Waals surface area contributed by atoms with Crippen LogP contribution in [0.15, 0.2) is 72.8 Å². The van der Waals surface area contributed by atoms with Gasteiger partial charge in [-0.1, -0.05) is 54.6 Å². The van der Waals surface area contributed by atoms with Gasteiger partial charge in [0.2, 0.25) is 5.91 Å². The highest BCUT2D eigenvalue weighted by molar-refractivity contribution is 5.83. The molecule has 1 aliphatic heterocycles. The Morgan fingerprint density at radius 2 is 1.55 bits per heavy atom. The highest BCUT2D eigenvalue weighted by atomic mass is 16.2. The Morgan fingerprint density at radius 3 is 2.28 bits per heavy atom. The first-order valence-corrected chi connectivity index (χ1v) is 10.4. The smallest absolute Gasteiger partial charge is 0.239 e. The molecule has 1 fully saturated rings. The van der Waals surface area contributed by atoms with Crippen LogP contribution in [0.5, 0.6) is 0 Å². The number of fused-ring (bicyclic) bond motifs is 1. The summed E-state index contributed by atoms with van der Waals surface area (Å²) in [7, 11) is 2.04. The summed E-state index contributed by atoms with van der Waals surface area (Å²) in [5.41, 5.74) is 2.47. The number of carbonyl (C=O) groups is 1. The molecule has 1 aliphatic rings. The van der Waals surface area contributed by atoms with Gasteiger partial charge in [-0.05, 0) is 48.5 Å². The molecule has 0 spiro atoms. The molecule has 1 saturated heterocycles. The van der Waals surface area contributed by atoms with E-state index in [1.54, 1.807) is 0 Å². The number of hydrogen-bond acceptors (Lipinski definition) is 3. The van der Waals surface area contributed by atoms with Crippen molar-refractivity contribution in [3.63, 3.8) is 0 Å².